The zero-order valence-electron chi connectivity index (χ0n) is 9.03. The van der Waals surface area contributed by atoms with Crippen LogP contribution in [0.3, 0.4) is 0 Å². The molecular weight excluding hydrogens is 257 g/mol. The summed E-state index contributed by atoms with van der Waals surface area (Å²) in [5.41, 5.74) is 2.31. The number of nitrogens with one attached hydrogen (secondary N) is 1. The van der Waals surface area contributed by atoms with Crippen LogP contribution in [0.15, 0.2) is 16.6 Å². The molecule has 0 bridgehead atoms. The Balaban J connectivity index is 2.59. The van der Waals surface area contributed by atoms with Crippen LogP contribution in [0, 0.1) is 5.82 Å². The Morgan fingerprint density at radius 2 is 2.07 bits per heavy atom. The van der Waals surface area contributed by atoms with Crippen LogP contribution in [-0.4, -0.2) is 6.54 Å². The highest BCUT2D eigenvalue weighted by molar-refractivity contribution is 9.10. The van der Waals surface area contributed by atoms with Gasteiger partial charge in [-0.25, -0.2) is 4.39 Å². The topological polar surface area (TPSA) is 12.0 Å². The van der Waals surface area contributed by atoms with Gasteiger partial charge in [-0.3, -0.25) is 0 Å². The van der Waals surface area contributed by atoms with Crippen molar-refractivity contribution in [1.29, 1.82) is 0 Å². The molecule has 1 aliphatic rings. The van der Waals surface area contributed by atoms with Crippen LogP contribution >= 0.6 is 15.9 Å². The second-order valence-electron chi connectivity index (χ2n) is 4.15. The molecule has 0 atom stereocenters. The van der Waals surface area contributed by atoms with Gasteiger partial charge in [0.1, 0.15) is 5.82 Å². The summed E-state index contributed by atoms with van der Waals surface area (Å²) in [5, 5.41) is 3.37. The second-order valence-corrected chi connectivity index (χ2v) is 5.01. The maximum absolute atomic E-state index is 13.4. The molecule has 0 unspecified atom stereocenters. The molecule has 3 heteroatoms. The van der Waals surface area contributed by atoms with E-state index in [1.54, 1.807) is 6.07 Å². The lowest BCUT2D eigenvalue weighted by atomic mass is 9.78. The maximum Gasteiger partial charge on any atom is 0.124 e. The zero-order chi connectivity index (χ0) is 11.1. The standard InChI is InChI=1S/C12H15BrFN/c1-3-12(4-2)7-15-11-9(12)5-8(14)6-10(11)13/h5-6,15H,3-4,7H2,1-2H3. The molecule has 1 aromatic rings. The van der Waals surface area contributed by atoms with Crippen molar-refractivity contribution in [1.82, 2.24) is 0 Å². The van der Waals surface area contributed by atoms with Crippen LogP contribution in [-0.2, 0) is 5.41 Å². The summed E-state index contributed by atoms with van der Waals surface area (Å²) >= 11 is 3.41. The van der Waals surface area contributed by atoms with E-state index in [4.69, 9.17) is 0 Å². The molecule has 0 radical (unpaired) electrons. The average Bonchev–Trinajstić information content (AvgIpc) is 2.57. The van der Waals surface area contributed by atoms with Crippen molar-refractivity contribution in [2.24, 2.45) is 0 Å². The largest absolute Gasteiger partial charge is 0.383 e. The van der Waals surface area contributed by atoms with Crippen LogP contribution in [0.4, 0.5) is 10.1 Å². The molecule has 0 spiro atoms. The molecule has 1 aliphatic heterocycles. The first-order chi connectivity index (χ1) is 7.13. The minimum Gasteiger partial charge on any atom is -0.383 e. The Morgan fingerprint density at radius 3 is 2.67 bits per heavy atom. The van der Waals surface area contributed by atoms with Gasteiger partial charge in [-0.1, -0.05) is 13.8 Å². The number of hydrogen-bond acceptors (Lipinski definition) is 1. The van der Waals surface area contributed by atoms with Gasteiger partial charge in [-0.2, -0.15) is 0 Å². The number of fused-ring (bicyclic) bond motifs is 1. The smallest absolute Gasteiger partial charge is 0.124 e. The van der Waals surface area contributed by atoms with Gasteiger partial charge in [0.05, 0.1) is 5.69 Å². The summed E-state index contributed by atoms with van der Waals surface area (Å²) in [6, 6.07) is 3.19. The normalized spacial score (nSPS) is 17.3. The lowest BCUT2D eigenvalue weighted by Gasteiger charge is -2.26. The highest BCUT2D eigenvalue weighted by Crippen LogP contribution is 2.45. The molecule has 15 heavy (non-hydrogen) atoms. The molecule has 2 rings (SSSR count). The van der Waals surface area contributed by atoms with Gasteiger partial charge >= 0.3 is 0 Å². The van der Waals surface area contributed by atoms with Crippen LogP contribution in [0.25, 0.3) is 0 Å². The molecule has 0 saturated heterocycles. The highest BCUT2D eigenvalue weighted by Gasteiger charge is 2.36. The molecule has 1 nitrogen and oxygen atoms in total. The lowest BCUT2D eigenvalue weighted by molar-refractivity contribution is 0.435. The van der Waals surface area contributed by atoms with Gasteiger partial charge in [-0.15, -0.1) is 0 Å². The third kappa shape index (κ3) is 1.57. The molecule has 1 N–H and O–H groups in total. The fourth-order valence-corrected chi connectivity index (χ4v) is 2.98. The predicted molar refractivity (Wildman–Crippen MR) is 64.8 cm³/mol. The van der Waals surface area contributed by atoms with E-state index < -0.39 is 0 Å². The quantitative estimate of drug-likeness (QED) is 0.855. The molecule has 1 aromatic carbocycles. The monoisotopic (exact) mass is 271 g/mol. The maximum atomic E-state index is 13.4. The fourth-order valence-electron chi connectivity index (χ4n) is 2.41. The van der Waals surface area contributed by atoms with E-state index in [0.717, 1.165) is 35.1 Å². The van der Waals surface area contributed by atoms with Gasteiger partial charge < -0.3 is 5.32 Å². The van der Waals surface area contributed by atoms with Crippen molar-refractivity contribution in [3.8, 4) is 0 Å². The van der Waals surface area contributed by atoms with E-state index in [2.05, 4.69) is 35.1 Å². The van der Waals surface area contributed by atoms with Gasteiger partial charge in [0.15, 0.2) is 0 Å². The molecule has 0 saturated carbocycles. The van der Waals surface area contributed by atoms with E-state index in [1.165, 1.54) is 6.07 Å². The Kier molecular flexibility index (Phi) is 2.75. The summed E-state index contributed by atoms with van der Waals surface area (Å²) in [4.78, 5) is 0. The molecule has 0 aromatic heterocycles. The van der Waals surface area contributed by atoms with Gasteiger partial charge in [0.2, 0.25) is 0 Å². The minimum atomic E-state index is -0.157. The average molecular weight is 272 g/mol. The SMILES string of the molecule is CCC1(CC)CNc2c(Br)cc(F)cc21. The summed E-state index contributed by atoms with van der Waals surface area (Å²) in [6.45, 7) is 5.25. The number of anilines is 1. The van der Waals surface area contributed by atoms with E-state index in [0.29, 0.717) is 0 Å². The highest BCUT2D eigenvalue weighted by atomic mass is 79.9. The Bertz CT molecular complexity index is 385. The van der Waals surface area contributed by atoms with Gasteiger partial charge in [-0.05, 0) is 46.5 Å². The van der Waals surface area contributed by atoms with Crippen molar-refractivity contribution in [3.63, 3.8) is 0 Å². The number of hydrogen-bond donors (Lipinski definition) is 1. The van der Waals surface area contributed by atoms with Crippen LogP contribution in [0.2, 0.25) is 0 Å². The van der Waals surface area contributed by atoms with Crippen molar-refractivity contribution in [3.05, 3.63) is 28.0 Å². The zero-order valence-corrected chi connectivity index (χ0v) is 10.6. The minimum absolute atomic E-state index is 0.111. The molecule has 0 fully saturated rings. The molecule has 0 amide bonds. The molecule has 0 aliphatic carbocycles. The van der Waals surface area contributed by atoms with Crippen molar-refractivity contribution >= 4 is 21.6 Å². The van der Waals surface area contributed by atoms with E-state index in [1.807, 2.05) is 0 Å². The third-order valence-electron chi connectivity index (χ3n) is 3.58. The molecular formula is C12H15BrFN. The van der Waals surface area contributed by atoms with Crippen LogP contribution < -0.4 is 5.32 Å². The van der Waals surface area contributed by atoms with Gasteiger partial charge in [0.25, 0.3) is 0 Å². The number of benzene rings is 1. The van der Waals surface area contributed by atoms with E-state index in [-0.39, 0.29) is 11.2 Å². The Labute approximate surface area is 98.2 Å². The number of rotatable bonds is 2. The summed E-state index contributed by atoms with van der Waals surface area (Å²) < 4.78 is 14.2. The lowest BCUT2D eigenvalue weighted by Crippen LogP contribution is -2.26. The number of halogens is 2. The molecule has 1 heterocycles. The second kappa shape index (κ2) is 3.78. The predicted octanol–water partition coefficient (Wildman–Crippen LogP) is 4.07. The van der Waals surface area contributed by atoms with E-state index >= 15 is 0 Å². The molecule has 82 valence electrons. The van der Waals surface area contributed by atoms with E-state index in [9.17, 15) is 4.39 Å². The van der Waals surface area contributed by atoms with Crippen molar-refractivity contribution < 1.29 is 4.39 Å². The third-order valence-corrected chi connectivity index (χ3v) is 4.21. The van der Waals surface area contributed by atoms with Crippen LogP contribution in [0.1, 0.15) is 32.3 Å². The first-order valence-corrected chi connectivity index (χ1v) is 6.15. The first kappa shape index (κ1) is 10.9. The summed E-state index contributed by atoms with van der Waals surface area (Å²) in [5.74, 6) is -0.157. The summed E-state index contributed by atoms with van der Waals surface area (Å²) in [6.07, 6.45) is 2.08. The Morgan fingerprint density at radius 1 is 1.40 bits per heavy atom. The Hall–Kier alpha value is -0.570. The van der Waals surface area contributed by atoms with Gasteiger partial charge in [0, 0.05) is 16.4 Å². The van der Waals surface area contributed by atoms with Crippen molar-refractivity contribution in [2.75, 3.05) is 11.9 Å². The fraction of sp³-hybridized carbons (Fsp3) is 0.500. The van der Waals surface area contributed by atoms with Crippen molar-refractivity contribution in [2.45, 2.75) is 32.1 Å². The summed E-state index contributed by atoms with van der Waals surface area (Å²) in [7, 11) is 0. The first-order valence-electron chi connectivity index (χ1n) is 5.36. The van der Waals surface area contributed by atoms with Crippen LogP contribution in [0.5, 0.6) is 0 Å².